The van der Waals surface area contributed by atoms with E-state index < -0.39 is 5.97 Å². The molecule has 0 amide bonds. The summed E-state index contributed by atoms with van der Waals surface area (Å²) in [6, 6.07) is 6.61. The highest BCUT2D eigenvalue weighted by Gasteiger charge is 2.09. The monoisotopic (exact) mass is 215 g/mol. The molecule has 16 heavy (non-hydrogen) atoms. The van der Waals surface area contributed by atoms with Crippen LogP contribution >= 0.6 is 0 Å². The summed E-state index contributed by atoms with van der Waals surface area (Å²) >= 11 is 0. The van der Waals surface area contributed by atoms with Crippen molar-refractivity contribution >= 4 is 22.7 Å². The normalized spacial score (nSPS) is 10.3. The van der Waals surface area contributed by atoms with Gasteiger partial charge in [0.2, 0.25) is 0 Å². The van der Waals surface area contributed by atoms with Gasteiger partial charge in [-0.25, -0.2) is 4.79 Å². The lowest BCUT2D eigenvalue weighted by Crippen LogP contribution is -2.00. The molecule has 1 heterocycles. The average Bonchev–Trinajstić information content (AvgIpc) is 2.27. The Hall–Kier alpha value is -2.23. The van der Waals surface area contributed by atoms with Crippen LogP contribution in [0.4, 0.5) is 0 Å². The van der Waals surface area contributed by atoms with Crippen molar-refractivity contribution in [3.8, 4) is 0 Å². The van der Waals surface area contributed by atoms with E-state index in [2.05, 4.69) is 4.98 Å². The Labute approximate surface area is 91.5 Å². The van der Waals surface area contributed by atoms with Crippen LogP contribution in [0.2, 0.25) is 0 Å². The first-order valence-corrected chi connectivity index (χ1v) is 4.72. The third-order valence-electron chi connectivity index (χ3n) is 2.35. The predicted molar refractivity (Wildman–Crippen MR) is 58.7 cm³/mol. The molecular weight excluding hydrogens is 206 g/mol. The van der Waals surface area contributed by atoms with Crippen LogP contribution in [0.25, 0.3) is 10.9 Å². The topological polar surface area (TPSA) is 67.3 Å². The van der Waals surface area contributed by atoms with Crippen molar-refractivity contribution in [3.05, 3.63) is 41.6 Å². The molecule has 1 aromatic heterocycles. The Morgan fingerprint density at radius 1 is 1.31 bits per heavy atom. The third kappa shape index (κ3) is 1.65. The Kier molecular flexibility index (Phi) is 2.40. The van der Waals surface area contributed by atoms with Crippen molar-refractivity contribution < 1.29 is 14.7 Å². The van der Waals surface area contributed by atoms with Crippen LogP contribution in [-0.2, 0) is 0 Å². The van der Waals surface area contributed by atoms with Crippen molar-refractivity contribution in [3.63, 3.8) is 0 Å². The molecule has 0 aliphatic heterocycles. The van der Waals surface area contributed by atoms with Gasteiger partial charge in [-0.15, -0.1) is 0 Å². The molecular formula is C12H9NO3. The third-order valence-corrected chi connectivity index (χ3v) is 2.35. The first kappa shape index (κ1) is 10.3. The number of hydrogen-bond acceptors (Lipinski definition) is 3. The lowest BCUT2D eigenvalue weighted by molar-refractivity contribution is 0.0696. The lowest BCUT2D eigenvalue weighted by atomic mass is 10.0. The van der Waals surface area contributed by atoms with E-state index in [-0.39, 0.29) is 11.3 Å². The Morgan fingerprint density at radius 2 is 2.06 bits per heavy atom. The van der Waals surface area contributed by atoms with Crippen LogP contribution in [0.5, 0.6) is 0 Å². The first-order valence-electron chi connectivity index (χ1n) is 4.72. The molecule has 0 spiro atoms. The molecule has 1 aromatic carbocycles. The van der Waals surface area contributed by atoms with Gasteiger partial charge < -0.3 is 5.11 Å². The molecule has 0 aliphatic rings. The van der Waals surface area contributed by atoms with Gasteiger partial charge in [-0.2, -0.15) is 0 Å². The maximum Gasteiger partial charge on any atom is 0.337 e. The molecule has 2 aromatic rings. The largest absolute Gasteiger partial charge is 0.478 e. The summed E-state index contributed by atoms with van der Waals surface area (Å²) in [5.41, 5.74) is 1.20. The Morgan fingerprint density at radius 3 is 2.69 bits per heavy atom. The molecule has 0 fully saturated rings. The molecule has 0 saturated carbocycles. The molecule has 80 valence electrons. The molecule has 4 nitrogen and oxygen atoms in total. The zero-order valence-corrected chi connectivity index (χ0v) is 8.60. The number of rotatable bonds is 2. The summed E-state index contributed by atoms with van der Waals surface area (Å²) in [6.45, 7) is 1.45. The van der Waals surface area contributed by atoms with Gasteiger partial charge in [0.25, 0.3) is 0 Å². The number of hydrogen-bond donors (Lipinski definition) is 1. The summed E-state index contributed by atoms with van der Waals surface area (Å²) < 4.78 is 0. The van der Waals surface area contributed by atoms with Gasteiger partial charge in [0, 0.05) is 17.1 Å². The lowest BCUT2D eigenvalue weighted by Gasteiger charge is -2.03. The van der Waals surface area contributed by atoms with Crippen LogP contribution in [0.1, 0.15) is 27.6 Å². The predicted octanol–water partition coefficient (Wildman–Crippen LogP) is 2.14. The highest BCUT2D eigenvalue weighted by Crippen LogP contribution is 2.18. The van der Waals surface area contributed by atoms with Crippen molar-refractivity contribution in [1.82, 2.24) is 4.98 Å². The molecule has 0 atom stereocenters. The van der Waals surface area contributed by atoms with Gasteiger partial charge in [-0.1, -0.05) is 12.1 Å². The van der Waals surface area contributed by atoms with E-state index >= 15 is 0 Å². The van der Waals surface area contributed by atoms with Crippen molar-refractivity contribution in [2.24, 2.45) is 0 Å². The molecule has 0 saturated heterocycles. The van der Waals surface area contributed by atoms with E-state index in [1.165, 1.54) is 19.2 Å². The molecule has 0 aliphatic carbocycles. The summed E-state index contributed by atoms with van der Waals surface area (Å²) in [6.07, 6.45) is 1.29. The quantitative estimate of drug-likeness (QED) is 0.779. The number of benzene rings is 1. The minimum atomic E-state index is -1.05. The standard InChI is InChI=1S/C12H9NO3/c1-7(14)9-3-2-4-11-10(9)5-8(6-13-11)12(15)16/h2-6H,1H3,(H,15,16). The number of aromatic carboxylic acids is 1. The number of carboxylic acid groups (broad SMARTS) is 1. The van der Waals surface area contributed by atoms with Gasteiger partial charge in [0.15, 0.2) is 5.78 Å². The molecule has 2 rings (SSSR count). The van der Waals surface area contributed by atoms with Crippen LogP contribution < -0.4 is 0 Å². The second kappa shape index (κ2) is 3.73. The van der Waals surface area contributed by atoms with Gasteiger partial charge in [-0.05, 0) is 19.1 Å². The second-order valence-corrected chi connectivity index (χ2v) is 3.46. The zero-order chi connectivity index (χ0) is 11.7. The van der Waals surface area contributed by atoms with E-state index in [4.69, 9.17) is 5.11 Å². The fourth-order valence-electron chi connectivity index (χ4n) is 1.57. The second-order valence-electron chi connectivity index (χ2n) is 3.46. The van der Waals surface area contributed by atoms with Crippen LogP contribution in [0.15, 0.2) is 30.5 Å². The summed E-state index contributed by atoms with van der Waals surface area (Å²) in [4.78, 5) is 26.2. The highest BCUT2D eigenvalue weighted by molar-refractivity contribution is 6.07. The highest BCUT2D eigenvalue weighted by atomic mass is 16.4. The minimum Gasteiger partial charge on any atom is -0.478 e. The molecule has 0 unspecified atom stereocenters. The summed E-state index contributed by atoms with van der Waals surface area (Å²) in [5, 5.41) is 9.43. The zero-order valence-electron chi connectivity index (χ0n) is 8.60. The maximum absolute atomic E-state index is 11.4. The number of aromatic nitrogens is 1. The fourth-order valence-corrected chi connectivity index (χ4v) is 1.57. The van der Waals surface area contributed by atoms with Gasteiger partial charge in [-0.3, -0.25) is 9.78 Å². The van der Waals surface area contributed by atoms with Crippen molar-refractivity contribution in [2.75, 3.05) is 0 Å². The van der Waals surface area contributed by atoms with Crippen LogP contribution in [0, 0.1) is 0 Å². The Balaban J connectivity index is 2.78. The number of carbonyl (C=O) groups excluding carboxylic acids is 1. The van der Waals surface area contributed by atoms with E-state index in [1.807, 2.05) is 0 Å². The van der Waals surface area contributed by atoms with E-state index in [1.54, 1.807) is 18.2 Å². The van der Waals surface area contributed by atoms with Gasteiger partial charge in [0.1, 0.15) is 0 Å². The molecule has 0 radical (unpaired) electrons. The van der Waals surface area contributed by atoms with E-state index in [0.29, 0.717) is 16.5 Å². The van der Waals surface area contributed by atoms with E-state index in [0.717, 1.165) is 0 Å². The first-order chi connectivity index (χ1) is 7.59. The summed E-state index contributed by atoms with van der Waals surface area (Å²) in [7, 11) is 0. The maximum atomic E-state index is 11.4. The molecule has 1 N–H and O–H groups in total. The molecule has 0 bridgehead atoms. The van der Waals surface area contributed by atoms with Crippen molar-refractivity contribution in [1.29, 1.82) is 0 Å². The number of pyridine rings is 1. The fraction of sp³-hybridized carbons (Fsp3) is 0.0833. The smallest absolute Gasteiger partial charge is 0.337 e. The Bertz CT molecular complexity index is 590. The number of carboxylic acids is 1. The van der Waals surface area contributed by atoms with Gasteiger partial charge >= 0.3 is 5.97 Å². The number of fused-ring (bicyclic) bond motifs is 1. The number of Topliss-reactive ketones (excluding diaryl/α,β-unsaturated/α-hetero) is 1. The minimum absolute atomic E-state index is 0.0844. The van der Waals surface area contributed by atoms with Gasteiger partial charge in [0.05, 0.1) is 11.1 Å². The average molecular weight is 215 g/mol. The number of ketones is 1. The number of carbonyl (C=O) groups is 2. The van der Waals surface area contributed by atoms with Crippen LogP contribution in [0.3, 0.4) is 0 Å². The van der Waals surface area contributed by atoms with E-state index in [9.17, 15) is 9.59 Å². The summed E-state index contributed by atoms with van der Waals surface area (Å²) in [5.74, 6) is -1.15. The van der Waals surface area contributed by atoms with Crippen LogP contribution in [-0.4, -0.2) is 21.8 Å². The molecule has 4 heteroatoms. The number of nitrogens with zero attached hydrogens (tertiary/aromatic N) is 1. The van der Waals surface area contributed by atoms with Crippen molar-refractivity contribution in [2.45, 2.75) is 6.92 Å². The SMILES string of the molecule is CC(=O)c1cccc2ncc(C(=O)O)cc12.